The third-order valence-electron chi connectivity index (χ3n) is 14.5. The van der Waals surface area contributed by atoms with Crippen molar-refractivity contribution in [3.63, 3.8) is 0 Å². The molecule has 15 aromatic rings. The van der Waals surface area contributed by atoms with Gasteiger partial charge in [-0.1, -0.05) is 188 Å². The lowest BCUT2D eigenvalue weighted by Crippen LogP contribution is -2.12. The van der Waals surface area contributed by atoms with Crippen LogP contribution in [0.1, 0.15) is 0 Å². The summed E-state index contributed by atoms with van der Waals surface area (Å²) in [5, 5.41) is 8.61. The Balaban J connectivity index is 1.16. The summed E-state index contributed by atoms with van der Waals surface area (Å²) in [4.78, 5) is 4.91. The summed E-state index contributed by atoms with van der Waals surface area (Å²) in [6.45, 7) is 0. The summed E-state index contributed by atoms with van der Waals surface area (Å²) in [7, 11) is 0. The molecule has 0 aliphatic heterocycles. The van der Waals surface area contributed by atoms with E-state index in [2.05, 4.69) is 263 Å². The van der Waals surface area contributed by atoms with Gasteiger partial charge in [-0.05, 0) is 71.8 Å². The van der Waals surface area contributed by atoms with Crippen LogP contribution in [0.15, 0.2) is 258 Å². The van der Waals surface area contributed by atoms with Gasteiger partial charge in [-0.25, -0.2) is 0 Å². The SMILES string of the molecule is c1ccc(-c2ccccc2N(c2ccccc2)c2cc3c4ccccc4oc3c3c2c2cccc4c5c(N(c6ccccc6)c6ccccc6-c6ccccc6)cc6c7ccccc7oc6c5n3c24)cc1. The first-order valence-corrected chi connectivity index (χ1v) is 24.2. The highest BCUT2D eigenvalue weighted by Crippen LogP contribution is 2.55. The number of hydrogen-bond donors (Lipinski definition) is 0. The quantitative estimate of drug-likeness (QED) is 0.152. The molecule has 0 aliphatic rings. The van der Waals surface area contributed by atoms with Gasteiger partial charge < -0.3 is 23.0 Å². The third kappa shape index (κ3) is 5.81. The van der Waals surface area contributed by atoms with E-state index in [1.54, 1.807) is 0 Å². The molecule has 0 unspecified atom stereocenters. The lowest BCUT2D eigenvalue weighted by molar-refractivity contribution is 0.670. The van der Waals surface area contributed by atoms with E-state index in [1.807, 2.05) is 0 Å². The fourth-order valence-corrected chi connectivity index (χ4v) is 11.5. The van der Waals surface area contributed by atoms with E-state index >= 15 is 0 Å². The second-order valence-electron chi connectivity index (χ2n) is 18.3. The molecular formula is C66H41N3O2. The zero-order valence-corrected chi connectivity index (χ0v) is 38.3. The molecule has 5 heteroatoms. The Kier molecular flexibility index (Phi) is 8.59. The minimum absolute atomic E-state index is 0.827. The van der Waals surface area contributed by atoms with E-state index < -0.39 is 0 Å². The van der Waals surface area contributed by atoms with Crippen LogP contribution in [0.4, 0.5) is 34.1 Å². The minimum Gasteiger partial charge on any atom is -0.454 e. The van der Waals surface area contributed by atoms with Gasteiger partial charge in [0.15, 0.2) is 11.2 Å². The Hall–Kier alpha value is -9.58. The van der Waals surface area contributed by atoms with E-state index in [0.29, 0.717) is 0 Å². The Morgan fingerprint density at radius 2 is 0.648 bits per heavy atom. The largest absolute Gasteiger partial charge is 0.454 e. The van der Waals surface area contributed by atoms with Crippen LogP contribution >= 0.6 is 0 Å². The molecule has 0 amide bonds. The minimum atomic E-state index is 0.827. The van der Waals surface area contributed by atoms with E-state index in [4.69, 9.17) is 8.83 Å². The predicted molar refractivity (Wildman–Crippen MR) is 296 cm³/mol. The van der Waals surface area contributed by atoms with Crippen molar-refractivity contribution in [2.24, 2.45) is 0 Å². The number of nitrogens with zero attached hydrogens (tertiary/aromatic N) is 3. The highest BCUT2D eigenvalue weighted by Gasteiger charge is 2.32. The lowest BCUT2D eigenvalue weighted by Gasteiger charge is -2.29. The van der Waals surface area contributed by atoms with Crippen LogP contribution in [-0.2, 0) is 0 Å². The first-order valence-electron chi connectivity index (χ1n) is 24.2. The van der Waals surface area contributed by atoms with Crippen LogP contribution in [-0.4, -0.2) is 4.40 Å². The molecule has 71 heavy (non-hydrogen) atoms. The summed E-state index contributed by atoms with van der Waals surface area (Å²) in [6, 6.07) is 89.0. The summed E-state index contributed by atoms with van der Waals surface area (Å²) >= 11 is 0. The molecule has 4 aromatic heterocycles. The van der Waals surface area contributed by atoms with Gasteiger partial charge in [0.1, 0.15) is 22.2 Å². The zero-order chi connectivity index (χ0) is 46.6. The summed E-state index contributed by atoms with van der Waals surface area (Å²) in [5.74, 6) is 0. The van der Waals surface area contributed by atoms with Crippen LogP contribution in [0.3, 0.4) is 0 Å². The molecule has 5 nitrogen and oxygen atoms in total. The summed E-state index contributed by atoms with van der Waals surface area (Å²) < 4.78 is 16.9. The summed E-state index contributed by atoms with van der Waals surface area (Å²) in [6.07, 6.45) is 0. The van der Waals surface area contributed by atoms with Gasteiger partial charge in [-0.15, -0.1) is 0 Å². The Labute approximate surface area is 408 Å². The number of fused-ring (bicyclic) bond motifs is 14. The number of para-hydroxylation sites is 7. The van der Waals surface area contributed by atoms with Crippen molar-refractivity contribution >= 4 is 116 Å². The van der Waals surface area contributed by atoms with Crippen LogP contribution in [0, 0.1) is 0 Å². The zero-order valence-electron chi connectivity index (χ0n) is 38.3. The van der Waals surface area contributed by atoms with Crippen molar-refractivity contribution in [2.75, 3.05) is 9.80 Å². The van der Waals surface area contributed by atoms with Gasteiger partial charge in [0.25, 0.3) is 0 Å². The van der Waals surface area contributed by atoms with Crippen LogP contribution in [0.25, 0.3) is 104 Å². The molecule has 332 valence electrons. The monoisotopic (exact) mass is 907 g/mol. The molecule has 0 aliphatic carbocycles. The standard InChI is InChI=1S/C66H41N3O2/c1-5-22-42(23-6-1)46-30-13-17-36-54(46)67(44-26-9-3-10-27-44)56-40-52-48-32-15-19-38-58(48)70-65(52)63-60(56)50-34-21-35-51-61-57(41-53-49-33-16-20-39-59(49)71-66(53)64(61)69(63)62(50)51)68(45-28-11-4-12-29-45)55-37-18-14-31-47(55)43-24-7-2-8-25-43/h1-41H. The van der Waals surface area contributed by atoms with Crippen molar-refractivity contribution in [3.8, 4) is 22.3 Å². The molecule has 0 saturated carbocycles. The molecular weight excluding hydrogens is 867 g/mol. The van der Waals surface area contributed by atoms with Crippen molar-refractivity contribution in [1.82, 2.24) is 4.40 Å². The lowest BCUT2D eigenvalue weighted by atomic mass is 9.98. The van der Waals surface area contributed by atoms with Gasteiger partial charge in [0, 0.05) is 65.6 Å². The smallest absolute Gasteiger partial charge is 0.160 e. The maximum atomic E-state index is 7.19. The second kappa shape index (κ2) is 15.5. The molecule has 0 saturated heterocycles. The average molecular weight is 908 g/mol. The first kappa shape index (κ1) is 39.4. The molecule has 15 rings (SSSR count). The normalized spacial score (nSPS) is 11.9. The summed E-state index contributed by atoms with van der Waals surface area (Å²) in [5.41, 5.74) is 17.3. The Bertz CT molecular complexity index is 4230. The van der Waals surface area contributed by atoms with E-state index in [1.165, 1.54) is 0 Å². The Morgan fingerprint density at radius 3 is 1.10 bits per heavy atom. The number of hydrogen-bond acceptors (Lipinski definition) is 4. The van der Waals surface area contributed by atoms with Crippen molar-refractivity contribution in [1.29, 1.82) is 0 Å². The molecule has 0 radical (unpaired) electrons. The molecule has 11 aromatic carbocycles. The maximum Gasteiger partial charge on any atom is 0.160 e. The number of benzene rings is 11. The molecule has 0 fully saturated rings. The predicted octanol–water partition coefficient (Wildman–Crippen LogP) is 18.9. The number of aromatic nitrogens is 1. The fraction of sp³-hybridized carbons (Fsp3) is 0. The van der Waals surface area contributed by atoms with Crippen molar-refractivity contribution < 1.29 is 8.83 Å². The number of anilines is 6. The van der Waals surface area contributed by atoms with Crippen LogP contribution in [0.2, 0.25) is 0 Å². The topological polar surface area (TPSA) is 37.2 Å². The van der Waals surface area contributed by atoms with Gasteiger partial charge in [-0.3, -0.25) is 0 Å². The van der Waals surface area contributed by atoms with E-state index in [9.17, 15) is 0 Å². The van der Waals surface area contributed by atoms with Gasteiger partial charge in [-0.2, -0.15) is 0 Å². The van der Waals surface area contributed by atoms with Gasteiger partial charge >= 0.3 is 0 Å². The maximum absolute atomic E-state index is 7.19. The first-order chi connectivity index (χ1) is 35.3. The second-order valence-corrected chi connectivity index (χ2v) is 18.3. The number of furan rings is 2. The fourth-order valence-electron chi connectivity index (χ4n) is 11.5. The third-order valence-corrected chi connectivity index (χ3v) is 14.5. The highest BCUT2D eigenvalue weighted by atomic mass is 16.3. The van der Waals surface area contributed by atoms with Crippen molar-refractivity contribution in [3.05, 3.63) is 249 Å². The molecule has 4 heterocycles. The number of rotatable bonds is 8. The van der Waals surface area contributed by atoms with Gasteiger partial charge in [0.2, 0.25) is 0 Å². The molecule has 0 atom stereocenters. The molecule has 0 spiro atoms. The Morgan fingerprint density at radius 1 is 0.282 bits per heavy atom. The average Bonchev–Trinajstić information content (AvgIpc) is 4.21. The highest BCUT2D eigenvalue weighted by molar-refractivity contribution is 6.36. The van der Waals surface area contributed by atoms with E-state index in [-0.39, 0.29) is 0 Å². The van der Waals surface area contributed by atoms with Crippen molar-refractivity contribution in [2.45, 2.75) is 0 Å². The molecule has 0 bridgehead atoms. The van der Waals surface area contributed by atoms with Gasteiger partial charge in [0.05, 0.1) is 28.3 Å². The van der Waals surface area contributed by atoms with E-state index in [0.717, 1.165) is 138 Å². The van der Waals surface area contributed by atoms with Crippen LogP contribution in [0.5, 0.6) is 0 Å². The van der Waals surface area contributed by atoms with Crippen LogP contribution < -0.4 is 9.80 Å². The molecule has 0 N–H and O–H groups in total.